The minimum Gasteiger partial charge on any atom is -0.300 e. The average molecular weight is 265 g/mol. The maximum Gasteiger partial charge on any atom is 0.129 e. The number of fused-ring (bicyclic) bond motifs is 2. The first-order valence-electron chi connectivity index (χ1n) is 7.16. The molecule has 1 fully saturated rings. The topological polar surface area (TPSA) is 16.1 Å². The Balaban J connectivity index is 1.85. The lowest BCUT2D eigenvalue weighted by molar-refractivity contribution is 0.0846. The summed E-state index contributed by atoms with van der Waals surface area (Å²) in [6, 6.07) is 4.86. The largest absolute Gasteiger partial charge is 0.300 e. The highest BCUT2D eigenvalue weighted by molar-refractivity contribution is 6.29. The Labute approximate surface area is 114 Å². The van der Waals surface area contributed by atoms with E-state index in [4.69, 9.17) is 11.6 Å². The van der Waals surface area contributed by atoms with Crippen molar-refractivity contribution in [1.82, 2.24) is 9.88 Å². The van der Waals surface area contributed by atoms with Crippen LogP contribution < -0.4 is 0 Å². The number of halogens is 1. The van der Waals surface area contributed by atoms with Crippen LogP contribution in [0, 0.1) is 5.92 Å². The summed E-state index contributed by atoms with van der Waals surface area (Å²) < 4.78 is 0. The molecule has 2 aliphatic rings. The molecule has 0 radical (unpaired) electrons. The fraction of sp³-hybridized carbons (Fsp3) is 0.667. The third-order valence-corrected chi connectivity index (χ3v) is 4.67. The lowest BCUT2D eigenvalue weighted by atomic mass is 9.77. The van der Waals surface area contributed by atoms with Crippen molar-refractivity contribution in [2.24, 2.45) is 5.92 Å². The number of hydrogen-bond acceptors (Lipinski definition) is 2. The minimum atomic E-state index is 0.647. The van der Waals surface area contributed by atoms with E-state index in [2.05, 4.69) is 22.9 Å². The number of rotatable bonds is 2. The molecule has 98 valence electrons. The van der Waals surface area contributed by atoms with Crippen molar-refractivity contribution in [2.45, 2.75) is 45.1 Å². The molecule has 18 heavy (non-hydrogen) atoms. The fourth-order valence-corrected chi connectivity index (χ4v) is 3.82. The third-order valence-electron chi connectivity index (χ3n) is 4.46. The number of nitrogens with zero attached hydrogens (tertiary/aromatic N) is 2. The molecule has 0 spiro atoms. The first-order valence-corrected chi connectivity index (χ1v) is 7.54. The molecule has 2 unspecified atom stereocenters. The molecule has 1 saturated heterocycles. The Hall–Kier alpha value is -0.600. The van der Waals surface area contributed by atoms with Gasteiger partial charge in [0.1, 0.15) is 5.15 Å². The lowest BCUT2D eigenvalue weighted by Gasteiger charge is -2.44. The number of likely N-dealkylation sites (tertiary alicyclic amines) is 1. The molecule has 2 nitrogen and oxygen atoms in total. The molecule has 0 N–H and O–H groups in total. The van der Waals surface area contributed by atoms with Gasteiger partial charge in [-0.05, 0) is 62.7 Å². The smallest absolute Gasteiger partial charge is 0.129 e. The van der Waals surface area contributed by atoms with Gasteiger partial charge in [0.2, 0.25) is 0 Å². The Bertz CT molecular complexity index is 431. The van der Waals surface area contributed by atoms with Gasteiger partial charge in [-0.1, -0.05) is 24.6 Å². The van der Waals surface area contributed by atoms with Crippen LogP contribution >= 0.6 is 11.6 Å². The average Bonchev–Trinajstić information content (AvgIpc) is 2.37. The van der Waals surface area contributed by atoms with Crippen molar-refractivity contribution in [2.75, 3.05) is 13.1 Å². The van der Waals surface area contributed by atoms with Crippen molar-refractivity contribution >= 4 is 11.6 Å². The molecule has 0 saturated carbocycles. The highest BCUT2D eigenvalue weighted by Gasteiger charge is 2.35. The van der Waals surface area contributed by atoms with Crippen LogP contribution in [0.15, 0.2) is 12.1 Å². The van der Waals surface area contributed by atoms with E-state index in [1.54, 1.807) is 0 Å². The Morgan fingerprint density at radius 1 is 1.39 bits per heavy atom. The lowest BCUT2D eigenvalue weighted by Crippen LogP contribution is -2.49. The molecule has 3 heteroatoms. The number of hydrogen-bond donors (Lipinski definition) is 0. The van der Waals surface area contributed by atoms with Gasteiger partial charge < -0.3 is 0 Å². The predicted octanol–water partition coefficient (Wildman–Crippen LogP) is 3.32. The summed E-state index contributed by atoms with van der Waals surface area (Å²) in [5.41, 5.74) is 2.67. The van der Waals surface area contributed by atoms with E-state index in [9.17, 15) is 0 Å². The second-order valence-electron chi connectivity index (χ2n) is 5.65. The van der Waals surface area contributed by atoms with E-state index in [1.807, 2.05) is 6.07 Å². The summed E-state index contributed by atoms with van der Waals surface area (Å²) in [4.78, 5) is 7.22. The third kappa shape index (κ3) is 2.28. The van der Waals surface area contributed by atoms with Gasteiger partial charge >= 0.3 is 0 Å². The molecule has 1 aliphatic carbocycles. The van der Waals surface area contributed by atoms with Crippen LogP contribution in [0.4, 0.5) is 0 Å². The van der Waals surface area contributed by atoms with E-state index in [0.717, 1.165) is 18.4 Å². The van der Waals surface area contributed by atoms with Crippen LogP contribution in [0.3, 0.4) is 0 Å². The van der Waals surface area contributed by atoms with Gasteiger partial charge in [-0.15, -0.1) is 0 Å². The standard InChI is InChI=1S/C15H21ClN2/c1-2-7-18-8-3-4-12-9-13-11(10-14(12)18)5-6-15(16)17-13/h5-6,12,14H,2-4,7-10H2,1H3. The highest BCUT2D eigenvalue weighted by Crippen LogP contribution is 2.34. The van der Waals surface area contributed by atoms with Crippen molar-refractivity contribution in [3.63, 3.8) is 0 Å². The van der Waals surface area contributed by atoms with Gasteiger partial charge in [-0.3, -0.25) is 4.90 Å². The maximum atomic E-state index is 6.01. The molecule has 0 amide bonds. The maximum absolute atomic E-state index is 6.01. The zero-order chi connectivity index (χ0) is 12.5. The number of aromatic nitrogens is 1. The van der Waals surface area contributed by atoms with Gasteiger partial charge in [0.25, 0.3) is 0 Å². The van der Waals surface area contributed by atoms with Gasteiger partial charge in [0.15, 0.2) is 0 Å². The Morgan fingerprint density at radius 2 is 2.28 bits per heavy atom. The number of piperidine rings is 1. The molecule has 0 aromatic carbocycles. The second-order valence-corrected chi connectivity index (χ2v) is 6.04. The van der Waals surface area contributed by atoms with Crippen LogP contribution in [0.1, 0.15) is 37.4 Å². The monoisotopic (exact) mass is 264 g/mol. The first kappa shape index (κ1) is 12.4. The summed E-state index contributed by atoms with van der Waals surface area (Å²) in [5, 5.41) is 0.647. The molecule has 2 heterocycles. The summed E-state index contributed by atoms with van der Waals surface area (Å²) in [7, 11) is 0. The van der Waals surface area contributed by atoms with Gasteiger partial charge in [-0.25, -0.2) is 4.98 Å². The SMILES string of the molecule is CCCN1CCCC2Cc3nc(Cl)ccc3CC21. The van der Waals surface area contributed by atoms with Crippen molar-refractivity contribution < 1.29 is 0 Å². The van der Waals surface area contributed by atoms with E-state index < -0.39 is 0 Å². The zero-order valence-corrected chi connectivity index (χ0v) is 11.8. The van der Waals surface area contributed by atoms with E-state index >= 15 is 0 Å². The molecule has 2 atom stereocenters. The molecule has 3 rings (SSSR count). The molecular formula is C15H21ClN2. The molecular weight excluding hydrogens is 244 g/mol. The van der Waals surface area contributed by atoms with E-state index in [0.29, 0.717) is 5.15 Å². The van der Waals surface area contributed by atoms with E-state index in [-0.39, 0.29) is 0 Å². The highest BCUT2D eigenvalue weighted by atomic mass is 35.5. The van der Waals surface area contributed by atoms with Crippen LogP contribution in [-0.4, -0.2) is 29.0 Å². The normalized spacial score (nSPS) is 27.7. The molecule has 0 bridgehead atoms. The summed E-state index contributed by atoms with van der Waals surface area (Å²) >= 11 is 6.01. The van der Waals surface area contributed by atoms with Crippen molar-refractivity contribution in [3.05, 3.63) is 28.5 Å². The minimum absolute atomic E-state index is 0.647. The fourth-order valence-electron chi connectivity index (χ4n) is 3.65. The molecule has 1 aliphatic heterocycles. The van der Waals surface area contributed by atoms with Gasteiger partial charge in [0, 0.05) is 11.7 Å². The van der Waals surface area contributed by atoms with Crippen molar-refractivity contribution in [3.8, 4) is 0 Å². The van der Waals surface area contributed by atoms with Gasteiger partial charge in [0.05, 0.1) is 0 Å². The summed E-state index contributed by atoms with van der Waals surface area (Å²) in [5.74, 6) is 0.795. The van der Waals surface area contributed by atoms with Gasteiger partial charge in [-0.2, -0.15) is 0 Å². The summed E-state index contributed by atoms with van der Waals surface area (Å²) in [6.45, 7) is 4.81. The Morgan fingerprint density at radius 3 is 3.11 bits per heavy atom. The predicted molar refractivity (Wildman–Crippen MR) is 75.0 cm³/mol. The number of pyridine rings is 1. The summed E-state index contributed by atoms with van der Waals surface area (Å²) in [6.07, 6.45) is 6.26. The molecule has 1 aromatic heterocycles. The Kier molecular flexibility index (Phi) is 3.58. The van der Waals surface area contributed by atoms with Crippen LogP contribution in [0.25, 0.3) is 0 Å². The van der Waals surface area contributed by atoms with Crippen LogP contribution in [0.5, 0.6) is 0 Å². The quantitative estimate of drug-likeness (QED) is 0.762. The van der Waals surface area contributed by atoms with E-state index in [1.165, 1.54) is 50.0 Å². The molecule has 1 aromatic rings. The first-order chi connectivity index (χ1) is 8.78. The van der Waals surface area contributed by atoms with Crippen LogP contribution in [-0.2, 0) is 12.8 Å². The zero-order valence-electron chi connectivity index (χ0n) is 11.0. The second kappa shape index (κ2) is 5.18. The van der Waals surface area contributed by atoms with Crippen molar-refractivity contribution in [1.29, 1.82) is 0 Å². The van der Waals surface area contributed by atoms with Crippen LogP contribution in [0.2, 0.25) is 5.15 Å².